The molecule has 3 aromatic heterocycles. The Morgan fingerprint density at radius 3 is 2.50 bits per heavy atom. The summed E-state index contributed by atoms with van der Waals surface area (Å²) in [6, 6.07) is 9.94. The molecule has 0 bridgehead atoms. The van der Waals surface area contributed by atoms with Gasteiger partial charge < -0.3 is 4.74 Å². The fraction of sp³-hybridized carbons (Fsp3) is 0.318. The SMILES string of the molecule is Cc1cc(C)n(-c2nc(Cc3cccc(C(C)(F)F)c3)cc(OCc3cnn(C)n3)n2)n1. The van der Waals surface area contributed by atoms with Crippen LogP contribution in [-0.4, -0.2) is 34.7 Å². The smallest absolute Gasteiger partial charge is 0.270 e. The standard InChI is InChI=1S/C22H23F2N7O/c1-14-8-15(2)31(28-14)21-26-18(10-16-6-5-7-17(9-16)22(3,23)24)11-20(27-21)32-13-19-12-25-30(4)29-19/h5-9,11-12H,10,13H2,1-4H3. The fourth-order valence-corrected chi connectivity index (χ4v) is 3.31. The Bertz CT molecular complexity index is 1240. The second kappa shape index (κ2) is 8.45. The van der Waals surface area contributed by atoms with Crippen LogP contribution in [-0.2, 0) is 26.0 Å². The number of benzene rings is 1. The fourth-order valence-electron chi connectivity index (χ4n) is 3.31. The largest absolute Gasteiger partial charge is 0.471 e. The Labute approximate surface area is 183 Å². The van der Waals surface area contributed by atoms with Gasteiger partial charge in [-0.2, -0.15) is 25.1 Å². The molecule has 0 atom stereocenters. The maximum Gasteiger partial charge on any atom is 0.270 e. The summed E-state index contributed by atoms with van der Waals surface area (Å²) in [6.45, 7) is 4.85. The van der Waals surface area contributed by atoms with E-state index in [0.717, 1.165) is 18.3 Å². The number of nitrogens with zero attached hydrogens (tertiary/aromatic N) is 7. The Morgan fingerprint density at radius 2 is 1.84 bits per heavy atom. The summed E-state index contributed by atoms with van der Waals surface area (Å²) in [5.41, 5.74) is 3.64. The van der Waals surface area contributed by atoms with Crippen molar-refractivity contribution in [2.24, 2.45) is 7.05 Å². The predicted octanol–water partition coefficient (Wildman–Crippen LogP) is 3.69. The van der Waals surface area contributed by atoms with Gasteiger partial charge in [-0.05, 0) is 31.5 Å². The molecule has 0 spiro atoms. The summed E-state index contributed by atoms with van der Waals surface area (Å²) in [6.07, 6.45) is 1.95. The zero-order chi connectivity index (χ0) is 22.9. The molecule has 0 radical (unpaired) electrons. The highest BCUT2D eigenvalue weighted by molar-refractivity contribution is 5.32. The molecule has 8 nitrogen and oxygen atoms in total. The zero-order valence-corrected chi connectivity index (χ0v) is 18.3. The average Bonchev–Trinajstić information content (AvgIpc) is 3.30. The first-order valence-corrected chi connectivity index (χ1v) is 10.0. The molecule has 32 heavy (non-hydrogen) atoms. The van der Waals surface area contributed by atoms with Gasteiger partial charge in [-0.25, -0.2) is 18.4 Å². The normalized spacial score (nSPS) is 11.7. The molecule has 0 aliphatic rings. The second-order valence-electron chi connectivity index (χ2n) is 7.72. The van der Waals surface area contributed by atoms with E-state index in [1.54, 1.807) is 36.1 Å². The van der Waals surface area contributed by atoms with E-state index in [1.165, 1.54) is 16.9 Å². The van der Waals surface area contributed by atoms with Crippen LogP contribution in [0, 0.1) is 13.8 Å². The van der Waals surface area contributed by atoms with E-state index < -0.39 is 5.92 Å². The number of rotatable bonds is 7. The van der Waals surface area contributed by atoms with Crippen molar-refractivity contribution in [1.82, 2.24) is 34.7 Å². The van der Waals surface area contributed by atoms with Crippen molar-refractivity contribution in [2.45, 2.75) is 39.7 Å². The first-order valence-electron chi connectivity index (χ1n) is 10.0. The minimum Gasteiger partial charge on any atom is -0.471 e. The molecule has 0 fully saturated rings. The molecule has 0 saturated carbocycles. The molecule has 0 unspecified atom stereocenters. The number of alkyl halides is 2. The highest BCUT2D eigenvalue weighted by Gasteiger charge is 2.24. The average molecular weight is 439 g/mol. The van der Waals surface area contributed by atoms with E-state index in [0.29, 0.717) is 35.2 Å². The van der Waals surface area contributed by atoms with Crippen molar-refractivity contribution < 1.29 is 13.5 Å². The lowest BCUT2D eigenvalue weighted by Gasteiger charge is -2.13. The van der Waals surface area contributed by atoms with Crippen LogP contribution in [0.3, 0.4) is 0 Å². The number of hydrogen-bond acceptors (Lipinski definition) is 6. The van der Waals surface area contributed by atoms with Crippen molar-refractivity contribution in [3.63, 3.8) is 0 Å². The van der Waals surface area contributed by atoms with Crippen LogP contribution in [0.4, 0.5) is 8.78 Å². The predicted molar refractivity (Wildman–Crippen MR) is 113 cm³/mol. The molecule has 10 heteroatoms. The summed E-state index contributed by atoms with van der Waals surface area (Å²) in [4.78, 5) is 10.6. The Hall–Kier alpha value is -3.69. The Morgan fingerprint density at radius 1 is 1.03 bits per heavy atom. The number of hydrogen-bond donors (Lipinski definition) is 0. The second-order valence-corrected chi connectivity index (χ2v) is 7.72. The van der Waals surface area contributed by atoms with Gasteiger partial charge in [0.05, 0.1) is 17.6 Å². The van der Waals surface area contributed by atoms with E-state index in [1.807, 2.05) is 19.9 Å². The van der Waals surface area contributed by atoms with Crippen molar-refractivity contribution in [3.05, 3.63) is 76.5 Å². The number of halogens is 2. The Kier molecular flexibility index (Phi) is 5.68. The summed E-state index contributed by atoms with van der Waals surface area (Å²) >= 11 is 0. The highest BCUT2D eigenvalue weighted by Crippen LogP contribution is 2.28. The monoisotopic (exact) mass is 439 g/mol. The molecule has 0 aliphatic heterocycles. The van der Waals surface area contributed by atoms with Gasteiger partial charge in [-0.1, -0.05) is 18.2 Å². The minimum absolute atomic E-state index is 0.0399. The first-order chi connectivity index (χ1) is 15.2. The third-order valence-electron chi connectivity index (χ3n) is 4.78. The number of ether oxygens (including phenoxy) is 1. The molecular weight excluding hydrogens is 416 g/mol. The molecule has 4 aromatic rings. The minimum atomic E-state index is -2.92. The van der Waals surface area contributed by atoms with E-state index in [-0.39, 0.29) is 12.2 Å². The van der Waals surface area contributed by atoms with Gasteiger partial charge in [0.1, 0.15) is 12.3 Å². The molecule has 0 aliphatic carbocycles. The topological polar surface area (TPSA) is 83.5 Å². The molecule has 0 saturated heterocycles. The van der Waals surface area contributed by atoms with Crippen LogP contribution >= 0.6 is 0 Å². The lowest BCUT2D eigenvalue weighted by Crippen LogP contribution is -2.10. The third kappa shape index (κ3) is 4.96. The zero-order valence-electron chi connectivity index (χ0n) is 18.3. The quantitative estimate of drug-likeness (QED) is 0.437. The number of aryl methyl sites for hydroxylation is 3. The van der Waals surface area contributed by atoms with Gasteiger partial charge in [0, 0.05) is 37.7 Å². The molecule has 0 amide bonds. The summed E-state index contributed by atoms with van der Waals surface area (Å²) in [7, 11) is 1.72. The maximum absolute atomic E-state index is 13.8. The molecule has 1 aromatic carbocycles. The highest BCUT2D eigenvalue weighted by atomic mass is 19.3. The molecule has 3 heterocycles. The van der Waals surface area contributed by atoms with E-state index >= 15 is 0 Å². The van der Waals surface area contributed by atoms with Crippen LogP contribution in [0.1, 0.15) is 40.8 Å². The van der Waals surface area contributed by atoms with Gasteiger partial charge in [0.2, 0.25) is 5.88 Å². The number of aromatic nitrogens is 7. The molecule has 4 rings (SSSR count). The van der Waals surface area contributed by atoms with Crippen LogP contribution < -0.4 is 4.74 Å². The summed E-state index contributed by atoms with van der Waals surface area (Å²) < 4.78 is 35.0. The third-order valence-corrected chi connectivity index (χ3v) is 4.78. The van der Waals surface area contributed by atoms with Gasteiger partial charge in [-0.15, -0.1) is 0 Å². The van der Waals surface area contributed by atoms with Gasteiger partial charge >= 0.3 is 0 Å². The lowest BCUT2D eigenvalue weighted by molar-refractivity contribution is 0.0174. The van der Waals surface area contributed by atoms with Gasteiger partial charge in [-0.3, -0.25) is 0 Å². The van der Waals surface area contributed by atoms with Gasteiger partial charge in [0.25, 0.3) is 11.9 Å². The van der Waals surface area contributed by atoms with Crippen LogP contribution in [0.25, 0.3) is 5.95 Å². The lowest BCUT2D eigenvalue weighted by atomic mass is 10.0. The molecule has 166 valence electrons. The first kappa shape index (κ1) is 21.5. The van der Waals surface area contributed by atoms with E-state index in [2.05, 4.69) is 25.3 Å². The molecular formula is C22H23F2N7O. The van der Waals surface area contributed by atoms with E-state index in [9.17, 15) is 8.78 Å². The van der Waals surface area contributed by atoms with Crippen molar-refractivity contribution in [1.29, 1.82) is 0 Å². The maximum atomic E-state index is 13.8. The summed E-state index contributed by atoms with van der Waals surface area (Å²) in [5.74, 6) is -2.24. The van der Waals surface area contributed by atoms with Crippen LogP contribution in [0.15, 0.2) is 42.6 Å². The summed E-state index contributed by atoms with van der Waals surface area (Å²) in [5, 5.41) is 12.7. The van der Waals surface area contributed by atoms with Gasteiger partial charge in [0.15, 0.2) is 0 Å². The van der Waals surface area contributed by atoms with Crippen molar-refractivity contribution in [3.8, 4) is 11.8 Å². The van der Waals surface area contributed by atoms with E-state index in [4.69, 9.17) is 4.74 Å². The van der Waals surface area contributed by atoms with Crippen molar-refractivity contribution in [2.75, 3.05) is 0 Å². The van der Waals surface area contributed by atoms with Crippen LogP contribution in [0.2, 0.25) is 0 Å². The Balaban J connectivity index is 1.67. The van der Waals surface area contributed by atoms with Crippen LogP contribution in [0.5, 0.6) is 5.88 Å². The molecule has 0 N–H and O–H groups in total. The van der Waals surface area contributed by atoms with Crippen molar-refractivity contribution >= 4 is 0 Å².